The maximum atomic E-state index is 11.9. The normalized spacial score (nSPS) is 11.6. The van der Waals surface area contributed by atoms with E-state index in [4.69, 9.17) is 0 Å². The third-order valence-corrected chi connectivity index (χ3v) is 3.33. The molecular weight excluding hydrogens is 278 g/mol. The lowest BCUT2D eigenvalue weighted by molar-refractivity contribution is -0.114. The number of carbonyl (C=O) groups is 2. The van der Waals surface area contributed by atoms with Gasteiger partial charge in [-0.15, -0.1) is 0 Å². The van der Waals surface area contributed by atoms with Crippen molar-refractivity contribution in [1.82, 2.24) is 5.32 Å². The Morgan fingerprint density at radius 1 is 1.00 bits per heavy atom. The molecule has 1 rings (SSSR count). The standard InChI is InChI=1S/C17H27N3O2/c1-4-5-6-7-8-13(2)18-17(22)20-16-11-9-15(10-12-16)19-14(3)21/h9-13H,4-8H2,1-3H3,(H,19,21)(H2,18,20,22)/t13-/m1/s1. The van der Waals surface area contributed by atoms with Gasteiger partial charge in [0.1, 0.15) is 0 Å². The molecule has 22 heavy (non-hydrogen) atoms. The van der Waals surface area contributed by atoms with Crippen molar-refractivity contribution in [2.75, 3.05) is 10.6 Å². The summed E-state index contributed by atoms with van der Waals surface area (Å²) >= 11 is 0. The van der Waals surface area contributed by atoms with E-state index in [1.54, 1.807) is 24.3 Å². The molecule has 0 aromatic heterocycles. The molecule has 0 fully saturated rings. The molecule has 0 heterocycles. The van der Waals surface area contributed by atoms with Gasteiger partial charge < -0.3 is 16.0 Å². The highest BCUT2D eigenvalue weighted by Gasteiger charge is 2.07. The first-order valence-electron chi connectivity index (χ1n) is 7.96. The average Bonchev–Trinajstić information content (AvgIpc) is 2.45. The van der Waals surface area contributed by atoms with Crippen LogP contribution in [0.4, 0.5) is 16.2 Å². The molecule has 1 aromatic carbocycles. The Morgan fingerprint density at radius 2 is 1.59 bits per heavy atom. The van der Waals surface area contributed by atoms with E-state index in [1.165, 1.54) is 26.2 Å². The van der Waals surface area contributed by atoms with E-state index in [-0.39, 0.29) is 18.0 Å². The van der Waals surface area contributed by atoms with E-state index < -0.39 is 0 Å². The lowest BCUT2D eigenvalue weighted by Crippen LogP contribution is -2.36. The molecule has 122 valence electrons. The van der Waals surface area contributed by atoms with Crippen LogP contribution in [0.3, 0.4) is 0 Å². The van der Waals surface area contributed by atoms with E-state index in [9.17, 15) is 9.59 Å². The smallest absolute Gasteiger partial charge is 0.319 e. The Balaban J connectivity index is 2.33. The summed E-state index contributed by atoms with van der Waals surface area (Å²) in [4.78, 5) is 22.8. The Bertz CT molecular complexity index is 471. The van der Waals surface area contributed by atoms with Crippen molar-refractivity contribution in [3.63, 3.8) is 0 Å². The average molecular weight is 305 g/mol. The number of benzene rings is 1. The fourth-order valence-electron chi connectivity index (χ4n) is 2.18. The fraction of sp³-hybridized carbons (Fsp3) is 0.529. The molecule has 0 saturated carbocycles. The third-order valence-electron chi connectivity index (χ3n) is 3.33. The molecule has 0 aliphatic carbocycles. The van der Waals surface area contributed by atoms with Crippen molar-refractivity contribution in [2.24, 2.45) is 0 Å². The van der Waals surface area contributed by atoms with E-state index in [0.29, 0.717) is 11.4 Å². The zero-order chi connectivity index (χ0) is 16.4. The Labute approximate surface area is 132 Å². The molecule has 1 aromatic rings. The maximum Gasteiger partial charge on any atom is 0.319 e. The number of anilines is 2. The number of hydrogen-bond acceptors (Lipinski definition) is 2. The Morgan fingerprint density at radius 3 is 2.14 bits per heavy atom. The van der Waals surface area contributed by atoms with Gasteiger partial charge in [-0.2, -0.15) is 0 Å². The predicted octanol–water partition coefficient (Wildman–Crippen LogP) is 4.13. The number of nitrogens with one attached hydrogen (secondary N) is 3. The summed E-state index contributed by atoms with van der Waals surface area (Å²) in [6.07, 6.45) is 5.82. The number of rotatable bonds is 8. The van der Waals surface area contributed by atoms with Gasteiger partial charge in [0.05, 0.1) is 0 Å². The minimum atomic E-state index is -0.199. The zero-order valence-electron chi connectivity index (χ0n) is 13.7. The van der Waals surface area contributed by atoms with Crippen molar-refractivity contribution in [3.8, 4) is 0 Å². The molecule has 0 spiro atoms. The van der Waals surface area contributed by atoms with Crippen molar-refractivity contribution < 1.29 is 9.59 Å². The summed E-state index contributed by atoms with van der Waals surface area (Å²) in [5, 5.41) is 8.41. The maximum absolute atomic E-state index is 11.9. The summed E-state index contributed by atoms with van der Waals surface area (Å²) < 4.78 is 0. The van der Waals surface area contributed by atoms with Crippen LogP contribution in [0, 0.1) is 0 Å². The second-order valence-corrected chi connectivity index (χ2v) is 5.61. The summed E-state index contributed by atoms with van der Waals surface area (Å²) in [6, 6.07) is 7.00. The van der Waals surface area contributed by atoms with Crippen LogP contribution in [0.5, 0.6) is 0 Å². The van der Waals surface area contributed by atoms with Crippen LogP contribution in [-0.4, -0.2) is 18.0 Å². The monoisotopic (exact) mass is 305 g/mol. The van der Waals surface area contributed by atoms with Gasteiger partial charge >= 0.3 is 6.03 Å². The highest BCUT2D eigenvalue weighted by molar-refractivity contribution is 5.91. The number of hydrogen-bond donors (Lipinski definition) is 3. The topological polar surface area (TPSA) is 70.2 Å². The first-order valence-corrected chi connectivity index (χ1v) is 7.96. The molecular formula is C17H27N3O2. The molecule has 5 nitrogen and oxygen atoms in total. The quantitative estimate of drug-likeness (QED) is 0.632. The Kier molecular flexibility index (Phi) is 8.04. The van der Waals surface area contributed by atoms with Crippen LogP contribution in [-0.2, 0) is 4.79 Å². The number of carbonyl (C=O) groups excluding carboxylic acids is 2. The van der Waals surface area contributed by atoms with Gasteiger partial charge in [-0.1, -0.05) is 32.6 Å². The zero-order valence-corrected chi connectivity index (χ0v) is 13.7. The van der Waals surface area contributed by atoms with Crippen molar-refractivity contribution >= 4 is 23.3 Å². The van der Waals surface area contributed by atoms with Crippen LogP contribution in [0.15, 0.2) is 24.3 Å². The number of amides is 3. The molecule has 3 N–H and O–H groups in total. The van der Waals surface area contributed by atoms with Gasteiger partial charge in [-0.3, -0.25) is 4.79 Å². The Hall–Kier alpha value is -2.04. The molecule has 0 unspecified atom stereocenters. The molecule has 1 atom stereocenters. The van der Waals surface area contributed by atoms with E-state index in [2.05, 4.69) is 22.9 Å². The van der Waals surface area contributed by atoms with Crippen LogP contribution >= 0.6 is 0 Å². The van der Waals surface area contributed by atoms with Crippen LogP contribution in [0.25, 0.3) is 0 Å². The molecule has 5 heteroatoms. The second-order valence-electron chi connectivity index (χ2n) is 5.61. The van der Waals surface area contributed by atoms with Crippen LogP contribution < -0.4 is 16.0 Å². The van der Waals surface area contributed by atoms with Crippen molar-refractivity contribution in [3.05, 3.63) is 24.3 Å². The first-order chi connectivity index (χ1) is 10.5. The number of unbranched alkanes of at least 4 members (excludes halogenated alkanes) is 3. The lowest BCUT2D eigenvalue weighted by atomic mass is 10.1. The SMILES string of the molecule is CCCCCC[C@@H](C)NC(=O)Nc1ccc(NC(C)=O)cc1. The van der Waals surface area contributed by atoms with Gasteiger partial charge in [0.2, 0.25) is 5.91 Å². The summed E-state index contributed by atoms with van der Waals surface area (Å²) in [5.41, 5.74) is 1.41. The van der Waals surface area contributed by atoms with E-state index in [1.807, 2.05) is 6.92 Å². The third kappa shape index (κ3) is 7.67. The van der Waals surface area contributed by atoms with Gasteiger partial charge in [-0.25, -0.2) is 4.79 Å². The summed E-state index contributed by atoms with van der Waals surface area (Å²) in [6.45, 7) is 5.67. The number of urea groups is 1. The largest absolute Gasteiger partial charge is 0.335 e. The first kappa shape index (κ1) is 18.0. The van der Waals surface area contributed by atoms with Gasteiger partial charge in [0, 0.05) is 24.3 Å². The van der Waals surface area contributed by atoms with E-state index in [0.717, 1.165) is 12.8 Å². The molecule has 0 radical (unpaired) electrons. The molecule has 0 saturated heterocycles. The fourth-order valence-corrected chi connectivity index (χ4v) is 2.18. The highest BCUT2D eigenvalue weighted by atomic mass is 16.2. The molecule has 0 aliphatic heterocycles. The lowest BCUT2D eigenvalue weighted by Gasteiger charge is -2.14. The summed E-state index contributed by atoms with van der Waals surface area (Å²) in [7, 11) is 0. The highest BCUT2D eigenvalue weighted by Crippen LogP contribution is 2.13. The van der Waals surface area contributed by atoms with Crippen LogP contribution in [0.2, 0.25) is 0 Å². The molecule has 0 aliphatic rings. The van der Waals surface area contributed by atoms with E-state index >= 15 is 0 Å². The van der Waals surface area contributed by atoms with Gasteiger partial charge in [0.15, 0.2) is 0 Å². The van der Waals surface area contributed by atoms with Gasteiger partial charge in [-0.05, 0) is 37.6 Å². The van der Waals surface area contributed by atoms with Crippen LogP contribution in [0.1, 0.15) is 52.9 Å². The second kappa shape index (κ2) is 9.82. The van der Waals surface area contributed by atoms with Gasteiger partial charge in [0.25, 0.3) is 0 Å². The predicted molar refractivity (Wildman–Crippen MR) is 91.1 cm³/mol. The summed E-state index contributed by atoms with van der Waals surface area (Å²) in [5.74, 6) is -0.115. The molecule has 0 bridgehead atoms. The van der Waals surface area contributed by atoms with Crippen molar-refractivity contribution in [1.29, 1.82) is 0 Å². The van der Waals surface area contributed by atoms with Crippen molar-refractivity contribution in [2.45, 2.75) is 58.9 Å². The molecule has 3 amide bonds. The minimum Gasteiger partial charge on any atom is -0.335 e. The minimum absolute atomic E-state index is 0.115.